The summed E-state index contributed by atoms with van der Waals surface area (Å²) in [5, 5.41) is 9.02. The van der Waals surface area contributed by atoms with Gasteiger partial charge in [0.2, 0.25) is 0 Å². The molecule has 1 aromatic carbocycles. The van der Waals surface area contributed by atoms with Gasteiger partial charge < -0.3 is 4.74 Å². The highest BCUT2D eigenvalue weighted by Gasteiger charge is 2.23. The Labute approximate surface area is 92.6 Å². The average molecular weight is 254 g/mol. The SMILES string of the molecule is CC(C)(C#N)c1ccccc1OCBr. The summed E-state index contributed by atoms with van der Waals surface area (Å²) in [6.45, 7) is 3.76. The van der Waals surface area contributed by atoms with Crippen molar-refractivity contribution in [2.45, 2.75) is 19.3 Å². The maximum Gasteiger partial charge on any atom is 0.143 e. The van der Waals surface area contributed by atoms with E-state index in [9.17, 15) is 0 Å². The molecule has 74 valence electrons. The van der Waals surface area contributed by atoms with Gasteiger partial charge in [-0.05, 0) is 35.8 Å². The average Bonchev–Trinajstić information content (AvgIpc) is 2.19. The summed E-state index contributed by atoms with van der Waals surface area (Å²) < 4.78 is 5.39. The molecular weight excluding hydrogens is 242 g/mol. The monoisotopic (exact) mass is 253 g/mol. The zero-order valence-electron chi connectivity index (χ0n) is 8.25. The zero-order valence-corrected chi connectivity index (χ0v) is 9.84. The number of nitrogens with zero attached hydrogens (tertiary/aromatic N) is 1. The van der Waals surface area contributed by atoms with E-state index in [-0.39, 0.29) is 0 Å². The Bertz CT molecular complexity index is 355. The number of benzene rings is 1. The van der Waals surface area contributed by atoms with Crippen LogP contribution in [0.1, 0.15) is 19.4 Å². The number of alkyl halides is 1. The van der Waals surface area contributed by atoms with Crippen molar-refractivity contribution >= 4 is 15.9 Å². The van der Waals surface area contributed by atoms with E-state index in [1.54, 1.807) is 0 Å². The zero-order chi connectivity index (χ0) is 10.6. The molecule has 1 rings (SSSR count). The number of rotatable bonds is 3. The van der Waals surface area contributed by atoms with Gasteiger partial charge in [-0.25, -0.2) is 0 Å². The second-order valence-corrected chi connectivity index (χ2v) is 3.94. The lowest BCUT2D eigenvalue weighted by atomic mass is 9.86. The normalized spacial score (nSPS) is 10.7. The van der Waals surface area contributed by atoms with E-state index in [4.69, 9.17) is 10.00 Å². The van der Waals surface area contributed by atoms with Crippen LogP contribution in [-0.2, 0) is 5.41 Å². The van der Waals surface area contributed by atoms with E-state index in [0.717, 1.165) is 11.3 Å². The molecule has 3 heteroatoms. The van der Waals surface area contributed by atoms with Crippen LogP contribution in [0.5, 0.6) is 5.75 Å². The summed E-state index contributed by atoms with van der Waals surface area (Å²) in [6, 6.07) is 9.86. The van der Waals surface area contributed by atoms with Gasteiger partial charge >= 0.3 is 0 Å². The highest BCUT2D eigenvalue weighted by Crippen LogP contribution is 2.30. The first-order valence-electron chi connectivity index (χ1n) is 4.31. The first-order chi connectivity index (χ1) is 6.61. The summed E-state index contributed by atoms with van der Waals surface area (Å²) in [5.41, 5.74) is 0.839. The fourth-order valence-electron chi connectivity index (χ4n) is 1.23. The molecule has 0 N–H and O–H groups in total. The van der Waals surface area contributed by atoms with Gasteiger partial charge in [0.1, 0.15) is 11.3 Å². The standard InChI is InChI=1S/C11H12BrNO/c1-11(2,7-13)9-5-3-4-6-10(9)14-8-12/h3-6H,8H2,1-2H3. The lowest BCUT2D eigenvalue weighted by Gasteiger charge is -2.19. The van der Waals surface area contributed by atoms with E-state index in [0.29, 0.717) is 5.52 Å². The van der Waals surface area contributed by atoms with E-state index in [1.807, 2.05) is 38.1 Å². The molecular formula is C11H12BrNO. The fourth-order valence-corrected chi connectivity index (χ4v) is 1.47. The van der Waals surface area contributed by atoms with Crippen LogP contribution < -0.4 is 4.74 Å². The number of hydrogen-bond acceptors (Lipinski definition) is 2. The maximum atomic E-state index is 9.02. The molecule has 0 saturated heterocycles. The summed E-state index contributed by atoms with van der Waals surface area (Å²) in [4.78, 5) is 0. The van der Waals surface area contributed by atoms with Crippen LogP contribution in [0.3, 0.4) is 0 Å². The predicted molar refractivity (Wildman–Crippen MR) is 59.5 cm³/mol. The van der Waals surface area contributed by atoms with Crippen LogP contribution >= 0.6 is 15.9 Å². The molecule has 0 saturated carbocycles. The summed E-state index contributed by atoms with van der Waals surface area (Å²) >= 11 is 3.20. The Hall–Kier alpha value is -1.01. The maximum absolute atomic E-state index is 9.02. The van der Waals surface area contributed by atoms with Crippen LogP contribution in [0.4, 0.5) is 0 Å². The van der Waals surface area contributed by atoms with Crippen molar-refractivity contribution in [3.05, 3.63) is 29.8 Å². The minimum Gasteiger partial charge on any atom is -0.482 e. The minimum absolute atomic E-state index is 0.436. The van der Waals surface area contributed by atoms with E-state index < -0.39 is 5.41 Å². The molecule has 0 radical (unpaired) electrons. The van der Waals surface area contributed by atoms with Crippen molar-refractivity contribution in [1.82, 2.24) is 0 Å². The number of halogens is 1. The van der Waals surface area contributed by atoms with Crippen molar-refractivity contribution in [2.75, 3.05) is 5.52 Å². The lowest BCUT2D eigenvalue weighted by Crippen LogP contribution is -2.15. The van der Waals surface area contributed by atoms with Gasteiger partial charge in [0.05, 0.1) is 11.5 Å². The molecule has 0 amide bonds. The smallest absolute Gasteiger partial charge is 0.143 e. The molecule has 0 aliphatic rings. The van der Waals surface area contributed by atoms with Gasteiger partial charge in [0, 0.05) is 5.56 Å². The quantitative estimate of drug-likeness (QED) is 0.776. The van der Waals surface area contributed by atoms with Gasteiger partial charge in [0.25, 0.3) is 0 Å². The van der Waals surface area contributed by atoms with Gasteiger partial charge in [-0.1, -0.05) is 18.2 Å². The molecule has 0 bridgehead atoms. The third kappa shape index (κ3) is 2.27. The fraction of sp³-hybridized carbons (Fsp3) is 0.364. The molecule has 0 heterocycles. The Morgan fingerprint density at radius 2 is 2.07 bits per heavy atom. The number of para-hydroxylation sites is 1. The van der Waals surface area contributed by atoms with Gasteiger partial charge in [-0.15, -0.1) is 0 Å². The predicted octanol–water partition coefficient (Wildman–Crippen LogP) is 3.22. The molecule has 0 aliphatic carbocycles. The van der Waals surface area contributed by atoms with E-state index in [1.165, 1.54) is 0 Å². The molecule has 0 atom stereocenters. The summed E-state index contributed by atoms with van der Waals surface area (Å²) in [5.74, 6) is 0.760. The van der Waals surface area contributed by atoms with Crippen LogP contribution in [0.25, 0.3) is 0 Å². The molecule has 0 fully saturated rings. The molecule has 14 heavy (non-hydrogen) atoms. The molecule has 0 unspecified atom stereocenters. The van der Waals surface area contributed by atoms with Crippen molar-refractivity contribution in [2.24, 2.45) is 0 Å². The van der Waals surface area contributed by atoms with Gasteiger partial charge in [-0.3, -0.25) is 0 Å². The van der Waals surface area contributed by atoms with Crippen molar-refractivity contribution in [1.29, 1.82) is 5.26 Å². The van der Waals surface area contributed by atoms with Crippen molar-refractivity contribution < 1.29 is 4.74 Å². The Balaban J connectivity index is 3.14. The van der Waals surface area contributed by atoms with Crippen molar-refractivity contribution in [3.63, 3.8) is 0 Å². The molecule has 1 aromatic rings. The van der Waals surface area contributed by atoms with Crippen LogP contribution in [-0.4, -0.2) is 5.52 Å². The van der Waals surface area contributed by atoms with Crippen molar-refractivity contribution in [3.8, 4) is 11.8 Å². The topological polar surface area (TPSA) is 33.0 Å². The first kappa shape index (κ1) is 11.1. The first-order valence-corrected chi connectivity index (χ1v) is 5.43. The number of nitriles is 1. The summed E-state index contributed by atoms with van der Waals surface area (Å²) in [6.07, 6.45) is 0. The second-order valence-electron chi connectivity index (χ2n) is 3.49. The van der Waals surface area contributed by atoms with Crippen LogP contribution in [0.2, 0.25) is 0 Å². The Kier molecular flexibility index (Phi) is 3.54. The second kappa shape index (κ2) is 4.47. The number of ether oxygens (including phenoxy) is 1. The third-order valence-electron chi connectivity index (χ3n) is 2.05. The molecule has 0 aliphatic heterocycles. The highest BCUT2D eigenvalue weighted by molar-refractivity contribution is 9.09. The van der Waals surface area contributed by atoms with Gasteiger partial charge in [0.15, 0.2) is 0 Å². The largest absolute Gasteiger partial charge is 0.482 e. The highest BCUT2D eigenvalue weighted by atomic mass is 79.9. The summed E-state index contributed by atoms with van der Waals surface area (Å²) in [7, 11) is 0. The van der Waals surface area contributed by atoms with E-state index >= 15 is 0 Å². The Morgan fingerprint density at radius 3 is 2.64 bits per heavy atom. The third-order valence-corrected chi connectivity index (χ3v) is 2.28. The van der Waals surface area contributed by atoms with Gasteiger partial charge in [-0.2, -0.15) is 5.26 Å². The molecule has 2 nitrogen and oxygen atoms in total. The molecule has 0 spiro atoms. The van der Waals surface area contributed by atoms with E-state index in [2.05, 4.69) is 22.0 Å². The number of hydrogen-bond donors (Lipinski definition) is 0. The minimum atomic E-state index is -0.515. The molecule has 0 aromatic heterocycles. The Morgan fingerprint density at radius 1 is 1.43 bits per heavy atom. The van der Waals surface area contributed by atoms with Crippen LogP contribution in [0, 0.1) is 11.3 Å². The lowest BCUT2D eigenvalue weighted by molar-refractivity contribution is 0.387. The van der Waals surface area contributed by atoms with Crippen LogP contribution in [0.15, 0.2) is 24.3 Å².